The highest BCUT2D eigenvalue weighted by atomic mass is 16.5. The molecule has 2 unspecified atom stereocenters. The zero-order valence-electron chi connectivity index (χ0n) is 11.6. The van der Waals surface area contributed by atoms with Gasteiger partial charge >= 0.3 is 0 Å². The van der Waals surface area contributed by atoms with Gasteiger partial charge in [-0.05, 0) is 25.1 Å². The smallest absolute Gasteiger partial charge is 0.165 e. The predicted molar refractivity (Wildman–Crippen MR) is 72.2 cm³/mol. The lowest BCUT2D eigenvalue weighted by Crippen LogP contribution is -2.28. The first-order valence-corrected chi connectivity index (χ1v) is 6.21. The Morgan fingerprint density at radius 1 is 1.11 bits per heavy atom. The van der Waals surface area contributed by atoms with Crippen molar-refractivity contribution in [2.45, 2.75) is 20.0 Å². The average Bonchev–Trinajstić information content (AvgIpc) is 2.43. The monoisotopic (exact) mass is 262 g/mol. The van der Waals surface area contributed by atoms with Crippen LogP contribution in [0.25, 0.3) is 5.76 Å². The number of rotatable bonds is 3. The molecule has 0 saturated carbocycles. The van der Waals surface area contributed by atoms with E-state index in [0.29, 0.717) is 17.3 Å². The Morgan fingerprint density at radius 3 is 2.37 bits per heavy atom. The molecule has 0 saturated heterocycles. The third-order valence-corrected chi connectivity index (χ3v) is 3.41. The number of ketones is 1. The van der Waals surface area contributed by atoms with Gasteiger partial charge in [0.2, 0.25) is 0 Å². The molecule has 4 nitrogen and oxygen atoms in total. The molecule has 1 aromatic carbocycles. The maximum absolute atomic E-state index is 11.9. The Labute approximate surface area is 113 Å². The van der Waals surface area contributed by atoms with Gasteiger partial charge in [0.1, 0.15) is 11.9 Å². The topological polar surface area (TPSA) is 44.8 Å². The lowest BCUT2D eigenvalue weighted by molar-refractivity contribution is -0.121. The standard InChI is InChI=1S/C15H18O4/c1-9-10(2)19-14(8-12(9)16)11-5-6-13(17-3)15(7-11)18-4/h5-10H,1-4H3. The molecule has 2 atom stereocenters. The average molecular weight is 262 g/mol. The molecule has 19 heavy (non-hydrogen) atoms. The number of benzene rings is 1. The molecule has 0 N–H and O–H groups in total. The van der Waals surface area contributed by atoms with Crippen LogP contribution in [0.3, 0.4) is 0 Å². The second-order valence-corrected chi connectivity index (χ2v) is 4.59. The maximum Gasteiger partial charge on any atom is 0.165 e. The van der Waals surface area contributed by atoms with Crippen molar-refractivity contribution in [3.05, 3.63) is 29.8 Å². The van der Waals surface area contributed by atoms with Crippen LogP contribution in [0.5, 0.6) is 11.5 Å². The Hall–Kier alpha value is -1.97. The largest absolute Gasteiger partial charge is 0.493 e. The molecule has 0 aliphatic carbocycles. The van der Waals surface area contributed by atoms with Gasteiger partial charge in [0.05, 0.1) is 20.1 Å². The first-order valence-electron chi connectivity index (χ1n) is 6.21. The normalized spacial score (nSPS) is 22.5. The number of hydrogen-bond acceptors (Lipinski definition) is 4. The summed E-state index contributed by atoms with van der Waals surface area (Å²) in [5, 5.41) is 0. The molecule has 0 radical (unpaired) electrons. The lowest BCUT2D eigenvalue weighted by atomic mass is 9.96. The number of carbonyl (C=O) groups is 1. The van der Waals surface area contributed by atoms with Gasteiger partial charge < -0.3 is 14.2 Å². The summed E-state index contributed by atoms with van der Waals surface area (Å²) in [6.45, 7) is 3.77. The summed E-state index contributed by atoms with van der Waals surface area (Å²) >= 11 is 0. The van der Waals surface area contributed by atoms with Crippen LogP contribution in [0.15, 0.2) is 24.3 Å². The zero-order valence-corrected chi connectivity index (χ0v) is 11.6. The number of hydrogen-bond donors (Lipinski definition) is 0. The van der Waals surface area contributed by atoms with Crippen molar-refractivity contribution >= 4 is 11.5 Å². The van der Waals surface area contributed by atoms with E-state index in [4.69, 9.17) is 14.2 Å². The van der Waals surface area contributed by atoms with Crippen LogP contribution in [-0.2, 0) is 9.53 Å². The van der Waals surface area contributed by atoms with Crippen molar-refractivity contribution < 1.29 is 19.0 Å². The quantitative estimate of drug-likeness (QED) is 0.840. The van der Waals surface area contributed by atoms with E-state index in [1.807, 2.05) is 19.9 Å². The summed E-state index contributed by atoms with van der Waals surface area (Å²) in [7, 11) is 3.16. The molecular weight excluding hydrogens is 244 g/mol. The Balaban J connectivity index is 2.37. The fourth-order valence-electron chi connectivity index (χ4n) is 1.97. The molecule has 2 rings (SSSR count). The van der Waals surface area contributed by atoms with Crippen LogP contribution in [0.4, 0.5) is 0 Å². The summed E-state index contributed by atoms with van der Waals surface area (Å²) in [5.41, 5.74) is 0.810. The summed E-state index contributed by atoms with van der Waals surface area (Å²) in [4.78, 5) is 11.9. The number of methoxy groups -OCH3 is 2. The van der Waals surface area contributed by atoms with Crippen LogP contribution in [0, 0.1) is 5.92 Å². The Bertz CT molecular complexity index is 519. The van der Waals surface area contributed by atoms with Crippen LogP contribution in [0.1, 0.15) is 19.4 Å². The van der Waals surface area contributed by atoms with Gasteiger partial charge in [-0.2, -0.15) is 0 Å². The van der Waals surface area contributed by atoms with Gasteiger partial charge in [0, 0.05) is 11.6 Å². The van der Waals surface area contributed by atoms with Crippen LogP contribution in [0.2, 0.25) is 0 Å². The van der Waals surface area contributed by atoms with E-state index >= 15 is 0 Å². The van der Waals surface area contributed by atoms with E-state index in [0.717, 1.165) is 5.56 Å². The van der Waals surface area contributed by atoms with Crippen LogP contribution >= 0.6 is 0 Å². The number of allylic oxidation sites excluding steroid dienone is 1. The van der Waals surface area contributed by atoms with Gasteiger partial charge in [-0.25, -0.2) is 0 Å². The van der Waals surface area contributed by atoms with Gasteiger partial charge in [0.25, 0.3) is 0 Å². The minimum absolute atomic E-state index is 0.0866. The van der Waals surface area contributed by atoms with Gasteiger partial charge in [0.15, 0.2) is 17.3 Å². The molecule has 1 heterocycles. The fourth-order valence-corrected chi connectivity index (χ4v) is 1.97. The summed E-state index contributed by atoms with van der Waals surface area (Å²) < 4.78 is 16.2. The number of ether oxygens (including phenoxy) is 3. The second-order valence-electron chi connectivity index (χ2n) is 4.59. The van der Waals surface area contributed by atoms with Crippen molar-refractivity contribution in [2.24, 2.45) is 5.92 Å². The molecule has 0 fully saturated rings. The van der Waals surface area contributed by atoms with E-state index in [1.165, 1.54) is 0 Å². The summed E-state index contributed by atoms with van der Waals surface area (Å²) in [6.07, 6.45) is 1.42. The van der Waals surface area contributed by atoms with Crippen molar-refractivity contribution in [3.8, 4) is 11.5 Å². The highest BCUT2D eigenvalue weighted by Gasteiger charge is 2.27. The molecule has 4 heteroatoms. The molecule has 0 amide bonds. The molecule has 0 bridgehead atoms. The predicted octanol–water partition coefficient (Wildman–Crippen LogP) is 2.67. The summed E-state index contributed by atoms with van der Waals surface area (Å²) in [6, 6.07) is 5.45. The molecular formula is C15H18O4. The molecule has 0 spiro atoms. The minimum Gasteiger partial charge on any atom is -0.493 e. The fraction of sp³-hybridized carbons (Fsp3) is 0.400. The van der Waals surface area contributed by atoms with Crippen molar-refractivity contribution in [1.29, 1.82) is 0 Å². The van der Waals surface area contributed by atoms with E-state index < -0.39 is 0 Å². The number of carbonyl (C=O) groups excluding carboxylic acids is 1. The van der Waals surface area contributed by atoms with Gasteiger partial charge in [-0.15, -0.1) is 0 Å². The third kappa shape index (κ3) is 2.57. The second kappa shape index (κ2) is 5.34. The van der Waals surface area contributed by atoms with E-state index in [-0.39, 0.29) is 17.8 Å². The van der Waals surface area contributed by atoms with Crippen molar-refractivity contribution in [1.82, 2.24) is 0 Å². The zero-order chi connectivity index (χ0) is 14.0. The van der Waals surface area contributed by atoms with Crippen molar-refractivity contribution in [3.63, 3.8) is 0 Å². The minimum atomic E-state index is -0.124. The first kappa shape index (κ1) is 13.5. The highest BCUT2D eigenvalue weighted by molar-refractivity contribution is 5.98. The lowest BCUT2D eigenvalue weighted by Gasteiger charge is -2.26. The van der Waals surface area contributed by atoms with Gasteiger partial charge in [-0.1, -0.05) is 6.92 Å². The Kier molecular flexibility index (Phi) is 3.79. The molecule has 102 valence electrons. The van der Waals surface area contributed by atoms with E-state index in [2.05, 4.69) is 0 Å². The van der Waals surface area contributed by atoms with Gasteiger partial charge in [-0.3, -0.25) is 4.79 Å². The maximum atomic E-state index is 11.9. The SMILES string of the molecule is COc1ccc(C2=CC(=O)C(C)C(C)O2)cc1OC. The summed E-state index contributed by atoms with van der Waals surface area (Å²) in [5.74, 6) is 1.82. The van der Waals surface area contributed by atoms with Crippen LogP contribution in [-0.4, -0.2) is 26.1 Å². The molecule has 1 aliphatic heterocycles. The first-order chi connectivity index (χ1) is 9.06. The highest BCUT2D eigenvalue weighted by Crippen LogP contribution is 2.33. The van der Waals surface area contributed by atoms with Crippen molar-refractivity contribution in [2.75, 3.05) is 14.2 Å². The van der Waals surface area contributed by atoms with Crippen LogP contribution < -0.4 is 9.47 Å². The molecule has 1 aromatic rings. The van der Waals surface area contributed by atoms with E-state index in [9.17, 15) is 4.79 Å². The van der Waals surface area contributed by atoms with E-state index in [1.54, 1.807) is 32.4 Å². The third-order valence-electron chi connectivity index (χ3n) is 3.41. The molecule has 0 aromatic heterocycles. The Morgan fingerprint density at radius 2 is 1.79 bits per heavy atom. The molecule has 1 aliphatic rings.